The van der Waals surface area contributed by atoms with Gasteiger partial charge in [-0.2, -0.15) is 0 Å². The second-order valence-electron chi connectivity index (χ2n) is 3.46. The molecule has 5 heteroatoms. The Bertz CT molecular complexity index is 334. The van der Waals surface area contributed by atoms with Crippen molar-refractivity contribution in [3.05, 3.63) is 23.2 Å². The van der Waals surface area contributed by atoms with Crippen LogP contribution in [0.25, 0.3) is 0 Å². The Balaban J connectivity index is 2.51. The Morgan fingerprint density at radius 1 is 1.44 bits per heavy atom. The Morgan fingerprint density at radius 3 is 2.88 bits per heavy atom. The minimum absolute atomic E-state index is 0.0447. The molecule has 0 amide bonds. The van der Waals surface area contributed by atoms with E-state index < -0.39 is 0 Å². The number of anilines is 2. The Labute approximate surface area is 101 Å². The van der Waals surface area contributed by atoms with Gasteiger partial charge < -0.3 is 20.5 Å². The minimum Gasteiger partial charge on any atom is -0.397 e. The first-order valence-electron chi connectivity index (χ1n) is 5.10. The molecular weight excluding hydrogens is 228 g/mol. The van der Waals surface area contributed by atoms with Crippen LogP contribution in [0.3, 0.4) is 0 Å². The van der Waals surface area contributed by atoms with Gasteiger partial charge in [0.05, 0.1) is 31.2 Å². The number of rotatable bonds is 6. The van der Waals surface area contributed by atoms with Gasteiger partial charge in [0.15, 0.2) is 0 Å². The Hall–Kier alpha value is -0.970. The standard InChI is InChI=1S/C11H17ClN2O2/c1-14(4-6-16-7-5-15)11-8-9(12)2-3-10(11)13/h2-3,8,15H,4-7,13H2,1H3. The lowest BCUT2D eigenvalue weighted by molar-refractivity contribution is 0.0971. The molecule has 1 aromatic carbocycles. The number of hydrogen-bond donors (Lipinski definition) is 2. The molecule has 1 rings (SSSR count). The molecule has 3 N–H and O–H groups in total. The number of likely N-dealkylation sites (N-methyl/N-ethyl adjacent to an activating group) is 1. The molecule has 0 bridgehead atoms. The quantitative estimate of drug-likeness (QED) is 0.586. The van der Waals surface area contributed by atoms with E-state index in [1.165, 1.54) is 0 Å². The summed E-state index contributed by atoms with van der Waals surface area (Å²) in [6.07, 6.45) is 0. The number of aliphatic hydroxyl groups excluding tert-OH is 1. The van der Waals surface area contributed by atoms with Gasteiger partial charge >= 0.3 is 0 Å². The summed E-state index contributed by atoms with van der Waals surface area (Å²) in [7, 11) is 1.92. The largest absolute Gasteiger partial charge is 0.397 e. The van der Waals surface area contributed by atoms with Gasteiger partial charge in [0.25, 0.3) is 0 Å². The topological polar surface area (TPSA) is 58.7 Å². The number of hydrogen-bond acceptors (Lipinski definition) is 4. The normalized spacial score (nSPS) is 10.4. The number of nitrogens with two attached hydrogens (primary N) is 1. The van der Waals surface area contributed by atoms with E-state index in [1.807, 2.05) is 18.0 Å². The molecule has 0 radical (unpaired) electrons. The lowest BCUT2D eigenvalue weighted by Gasteiger charge is -2.21. The van der Waals surface area contributed by atoms with E-state index in [2.05, 4.69) is 0 Å². The van der Waals surface area contributed by atoms with Crippen molar-refractivity contribution in [3.63, 3.8) is 0 Å². The molecule has 0 fully saturated rings. The summed E-state index contributed by atoms with van der Waals surface area (Å²) in [6.45, 7) is 1.65. The van der Waals surface area contributed by atoms with Crippen LogP contribution in [0.1, 0.15) is 0 Å². The third kappa shape index (κ3) is 3.89. The zero-order valence-electron chi connectivity index (χ0n) is 9.32. The first-order chi connectivity index (χ1) is 7.65. The summed E-state index contributed by atoms with van der Waals surface area (Å²) in [5.41, 5.74) is 7.42. The third-order valence-corrected chi connectivity index (χ3v) is 2.45. The maximum absolute atomic E-state index is 8.55. The fraction of sp³-hybridized carbons (Fsp3) is 0.455. The lowest BCUT2D eigenvalue weighted by atomic mass is 10.2. The highest BCUT2D eigenvalue weighted by molar-refractivity contribution is 6.31. The summed E-state index contributed by atoms with van der Waals surface area (Å²) in [5.74, 6) is 0. The van der Waals surface area contributed by atoms with E-state index in [9.17, 15) is 0 Å². The summed E-state index contributed by atoms with van der Waals surface area (Å²) in [4.78, 5) is 1.97. The summed E-state index contributed by atoms with van der Waals surface area (Å²) in [6, 6.07) is 5.36. The van der Waals surface area contributed by atoms with Crippen molar-refractivity contribution < 1.29 is 9.84 Å². The van der Waals surface area contributed by atoms with Crippen LogP contribution in [0.4, 0.5) is 11.4 Å². The molecular formula is C11H17ClN2O2. The van der Waals surface area contributed by atoms with E-state index >= 15 is 0 Å². The molecule has 0 aliphatic heterocycles. The zero-order valence-corrected chi connectivity index (χ0v) is 10.1. The molecule has 0 unspecified atom stereocenters. The van der Waals surface area contributed by atoms with Crippen molar-refractivity contribution in [2.24, 2.45) is 0 Å². The molecule has 1 aromatic rings. The summed E-state index contributed by atoms with van der Waals surface area (Å²) in [5, 5.41) is 9.21. The first kappa shape index (κ1) is 13.1. The average molecular weight is 245 g/mol. The van der Waals surface area contributed by atoms with Gasteiger partial charge in [-0.3, -0.25) is 0 Å². The predicted molar refractivity (Wildman–Crippen MR) is 67.0 cm³/mol. The number of nitrogens with zero attached hydrogens (tertiary/aromatic N) is 1. The molecule has 0 saturated carbocycles. The average Bonchev–Trinajstić information content (AvgIpc) is 2.27. The van der Waals surface area contributed by atoms with Crippen molar-refractivity contribution in [2.75, 3.05) is 44.0 Å². The molecule has 0 spiro atoms. The van der Waals surface area contributed by atoms with Gasteiger partial charge in [-0.1, -0.05) is 11.6 Å². The van der Waals surface area contributed by atoms with Crippen LogP contribution in [0, 0.1) is 0 Å². The lowest BCUT2D eigenvalue weighted by Crippen LogP contribution is -2.24. The maximum atomic E-state index is 8.55. The van der Waals surface area contributed by atoms with Crippen LogP contribution < -0.4 is 10.6 Å². The molecule has 0 aliphatic rings. The summed E-state index contributed by atoms with van der Waals surface area (Å²) < 4.78 is 5.18. The SMILES string of the molecule is CN(CCOCCO)c1cc(Cl)ccc1N. The first-order valence-corrected chi connectivity index (χ1v) is 5.47. The Morgan fingerprint density at radius 2 is 2.19 bits per heavy atom. The van der Waals surface area contributed by atoms with Crippen molar-refractivity contribution >= 4 is 23.0 Å². The number of aliphatic hydroxyl groups is 1. The monoisotopic (exact) mass is 244 g/mol. The Kier molecular flexibility index (Phi) is 5.38. The van der Waals surface area contributed by atoms with E-state index in [4.69, 9.17) is 27.2 Å². The third-order valence-electron chi connectivity index (χ3n) is 2.21. The van der Waals surface area contributed by atoms with Crippen LogP contribution >= 0.6 is 11.6 Å². The van der Waals surface area contributed by atoms with Gasteiger partial charge in [0.2, 0.25) is 0 Å². The maximum Gasteiger partial charge on any atom is 0.0698 e. The minimum atomic E-state index is 0.0447. The highest BCUT2D eigenvalue weighted by Crippen LogP contribution is 2.25. The van der Waals surface area contributed by atoms with Crippen LogP contribution in [0.5, 0.6) is 0 Å². The van der Waals surface area contributed by atoms with Gasteiger partial charge in [-0.25, -0.2) is 0 Å². The molecule has 4 nitrogen and oxygen atoms in total. The van der Waals surface area contributed by atoms with E-state index in [0.717, 1.165) is 5.69 Å². The van der Waals surface area contributed by atoms with Gasteiger partial charge in [0, 0.05) is 18.6 Å². The van der Waals surface area contributed by atoms with Crippen molar-refractivity contribution in [1.82, 2.24) is 0 Å². The van der Waals surface area contributed by atoms with Gasteiger partial charge in [0.1, 0.15) is 0 Å². The molecule has 0 aromatic heterocycles. The second-order valence-corrected chi connectivity index (χ2v) is 3.90. The van der Waals surface area contributed by atoms with Crippen molar-refractivity contribution in [1.29, 1.82) is 0 Å². The molecule has 90 valence electrons. The van der Waals surface area contributed by atoms with Gasteiger partial charge in [-0.05, 0) is 18.2 Å². The number of ether oxygens (including phenoxy) is 1. The van der Waals surface area contributed by atoms with Crippen molar-refractivity contribution in [3.8, 4) is 0 Å². The van der Waals surface area contributed by atoms with E-state index in [-0.39, 0.29) is 6.61 Å². The van der Waals surface area contributed by atoms with Crippen LogP contribution in [0.15, 0.2) is 18.2 Å². The number of halogens is 1. The molecule has 0 aliphatic carbocycles. The smallest absolute Gasteiger partial charge is 0.0698 e. The van der Waals surface area contributed by atoms with Gasteiger partial charge in [-0.15, -0.1) is 0 Å². The highest BCUT2D eigenvalue weighted by atomic mass is 35.5. The fourth-order valence-corrected chi connectivity index (χ4v) is 1.50. The summed E-state index contributed by atoms with van der Waals surface area (Å²) >= 11 is 5.90. The van der Waals surface area contributed by atoms with Crippen molar-refractivity contribution in [2.45, 2.75) is 0 Å². The zero-order chi connectivity index (χ0) is 12.0. The second kappa shape index (κ2) is 6.58. The number of nitrogen functional groups attached to an aromatic ring is 1. The van der Waals surface area contributed by atoms with Crippen LogP contribution in [-0.4, -0.2) is 38.5 Å². The fourth-order valence-electron chi connectivity index (χ4n) is 1.34. The van der Waals surface area contributed by atoms with Crippen LogP contribution in [-0.2, 0) is 4.74 Å². The highest BCUT2D eigenvalue weighted by Gasteiger charge is 2.05. The van der Waals surface area contributed by atoms with E-state index in [0.29, 0.717) is 30.5 Å². The predicted octanol–water partition coefficient (Wildman–Crippen LogP) is 1.37. The molecule has 0 heterocycles. The molecule has 16 heavy (non-hydrogen) atoms. The molecule has 0 saturated heterocycles. The van der Waals surface area contributed by atoms with Crippen LogP contribution in [0.2, 0.25) is 5.02 Å². The number of benzene rings is 1. The molecule has 0 atom stereocenters. The van der Waals surface area contributed by atoms with E-state index in [1.54, 1.807) is 12.1 Å².